The van der Waals surface area contributed by atoms with E-state index >= 15 is 0 Å². The highest BCUT2D eigenvalue weighted by atomic mass is 16.3. The molecular weight excluding hydrogens is 330 g/mol. The molecule has 0 radical (unpaired) electrons. The summed E-state index contributed by atoms with van der Waals surface area (Å²) >= 11 is 0. The summed E-state index contributed by atoms with van der Waals surface area (Å²) in [6.45, 7) is 3.34. The van der Waals surface area contributed by atoms with E-state index in [4.69, 9.17) is 0 Å². The number of aliphatic hydroxyl groups excluding tert-OH is 1. The first kappa shape index (κ1) is 16.7. The molecule has 0 amide bonds. The molecule has 1 unspecified atom stereocenters. The number of aryl methyl sites for hydroxylation is 1. The van der Waals surface area contributed by atoms with Crippen LogP contribution in [0.15, 0.2) is 36.7 Å². The van der Waals surface area contributed by atoms with E-state index in [1.54, 1.807) is 17.1 Å². The van der Waals surface area contributed by atoms with Crippen LogP contribution < -0.4 is 5.32 Å². The summed E-state index contributed by atoms with van der Waals surface area (Å²) in [5.41, 5.74) is 3.70. The van der Waals surface area contributed by atoms with Gasteiger partial charge in [-0.15, -0.1) is 0 Å². The second kappa shape index (κ2) is 6.89. The molecular formula is C18H23N7O. The van der Waals surface area contributed by atoms with Crippen LogP contribution in [0.3, 0.4) is 0 Å². The second-order valence-corrected chi connectivity index (χ2v) is 6.54. The highest BCUT2D eigenvalue weighted by Gasteiger charge is 2.23. The Labute approximate surface area is 152 Å². The van der Waals surface area contributed by atoms with Crippen LogP contribution in [0.1, 0.15) is 28.7 Å². The average molecular weight is 353 g/mol. The standard InChI is InChI=1S/C18H23N7O/c1-19-18-13(4-3-6-20-18)11-24-8-9-25-14(12-24)10-15(22-25)17(26)16-5-7-21-23(16)2/h3-7,10,17,26H,8-9,11-12H2,1-2H3,(H,19,20). The average Bonchev–Trinajstić information content (AvgIpc) is 3.27. The van der Waals surface area contributed by atoms with Crippen LogP contribution in [0.25, 0.3) is 0 Å². The number of aliphatic hydroxyl groups is 1. The summed E-state index contributed by atoms with van der Waals surface area (Å²) < 4.78 is 3.67. The Morgan fingerprint density at radius 1 is 1.27 bits per heavy atom. The van der Waals surface area contributed by atoms with Crippen molar-refractivity contribution in [3.63, 3.8) is 0 Å². The van der Waals surface area contributed by atoms with Gasteiger partial charge in [-0.05, 0) is 18.2 Å². The number of aromatic nitrogens is 5. The van der Waals surface area contributed by atoms with Gasteiger partial charge in [0.1, 0.15) is 11.9 Å². The van der Waals surface area contributed by atoms with Crippen molar-refractivity contribution in [2.45, 2.75) is 25.7 Å². The maximum Gasteiger partial charge on any atom is 0.139 e. The third kappa shape index (κ3) is 3.09. The maximum atomic E-state index is 10.6. The van der Waals surface area contributed by atoms with Gasteiger partial charge in [-0.2, -0.15) is 10.2 Å². The molecule has 0 saturated carbocycles. The van der Waals surface area contributed by atoms with Gasteiger partial charge in [0.2, 0.25) is 0 Å². The van der Waals surface area contributed by atoms with Crippen molar-refractivity contribution in [3.8, 4) is 0 Å². The van der Waals surface area contributed by atoms with Gasteiger partial charge in [-0.1, -0.05) is 6.07 Å². The van der Waals surface area contributed by atoms with Crippen LogP contribution in [0.2, 0.25) is 0 Å². The lowest BCUT2D eigenvalue weighted by molar-refractivity contribution is 0.196. The third-order valence-electron chi connectivity index (χ3n) is 4.84. The minimum absolute atomic E-state index is 0.669. The Morgan fingerprint density at radius 3 is 2.92 bits per heavy atom. The molecule has 0 aliphatic carbocycles. The molecule has 26 heavy (non-hydrogen) atoms. The molecule has 8 heteroatoms. The van der Waals surface area contributed by atoms with Crippen LogP contribution in [0, 0.1) is 0 Å². The van der Waals surface area contributed by atoms with E-state index in [-0.39, 0.29) is 0 Å². The Bertz CT molecular complexity index is 901. The van der Waals surface area contributed by atoms with E-state index in [9.17, 15) is 5.11 Å². The lowest BCUT2D eigenvalue weighted by atomic mass is 10.1. The maximum absolute atomic E-state index is 10.6. The lowest BCUT2D eigenvalue weighted by Gasteiger charge is -2.27. The van der Waals surface area contributed by atoms with Crippen LogP contribution in [-0.4, -0.2) is 48.1 Å². The van der Waals surface area contributed by atoms with Crippen molar-refractivity contribution in [1.29, 1.82) is 0 Å². The van der Waals surface area contributed by atoms with Crippen molar-refractivity contribution >= 4 is 5.82 Å². The van der Waals surface area contributed by atoms with E-state index in [1.165, 1.54) is 5.56 Å². The van der Waals surface area contributed by atoms with Gasteiger partial charge in [-0.3, -0.25) is 14.3 Å². The fourth-order valence-corrected chi connectivity index (χ4v) is 3.45. The van der Waals surface area contributed by atoms with Crippen LogP contribution >= 0.6 is 0 Å². The molecule has 1 aliphatic rings. The number of nitrogens with one attached hydrogen (secondary N) is 1. The number of pyridine rings is 1. The molecule has 2 N–H and O–H groups in total. The minimum Gasteiger partial charge on any atom is -0.380 e. The van der Waals surface area contributed by atoms with Gasteiger partial charge in [0.05, 0.1) is 23.6 Å². The Kier molecular flexibility index (Phi) is 4.44. The summed E-state index contributed by atoms with van der Waals surface area (Å²) in [5, 5.41) is 22.5. The first-order chi connectivity index (χ1) is 12.7. The molecule has 1 atom stereocenters. The van der Waals surface area contributed by atoms with E-state index in [2.05, 4.69) is 31.5 Å². The monoisotopic (exact) mass is 353 g/mol. The number of hydrogen-bond acceptors (Lipinski definition) is 6. The molecule has 3 aromatic heterocycles. The summed E-state index contributed by atoms with van der Waals surface area (Å²) in [5.74, 6) is 0.916. The van der Waals surface area contributed by atoms with Gasteiger partial charge in [-0.25, -0.2) is 4.98 Å². The first-order valence-electron chi connectivity index (χ1n) is 8.72. The number of anilines is 1. The predicted octanol–water partition coefficient (Wildman–Crippen LogP) is 1.15. The highest BCUT2D eigenvalue weighted by Crippen LogP contribution is 2.24. The first-order valence-corrected chi connectivity index (χ1v) is 8.72. The van der Waals surface area contributed by atoms with Crippen LogP contribution in [0.4, 0.5) is 5.82 Å². The van der Waals surface area contributed by atoms with Gasteiger partial charge < -0.3 is 10.4 Å². The Hall–Kier alpha value is -2.71. The van der Waals surface area contributed by atoms with E-state index < -0.39 is 6.10 Å². The number of hydrogen-bond donors (Lipinski definition) is 2. The largest absolute Gasteiger partial charge is 0.380 e. The molecule has 4 heterocycles. The quantitative estimate of drug-likeness (QED) is 0.716. The zero-order chi connectivity index (χ0) is 18.1. The molecule has 0 fully saturated rings. The molecule has 136 valence electrons. The zero-order valence-corrected chi connectivity index (χ0v) is 15.0. The highest BCUT2D eigenvalue weighted by molar-refractivity contribution is 5.42. The smallest absolute Gasteiger partial charge is 0.139 e. The van der Waals surface area contributed by atoms with Crippen molar-refractivity contribution < 1.29 is 5.11 Å². The topological polar surface area (TPSA) is 84.0 Å². The van der Waals surface area contributed by atoms with Gasteiger partial charge in [0.15, 0.2) is 0 Å². The number of fused-ring (bicyclic) bond motifs is 1. The fourth-order valence-electron chi connectivity index (χ4n) is 3.45. The molecule has 8 nitrogen and oxygen atoms in total. The molecule has 0 saturated heterocycles. The second-order valence-electron chi connectivity index (χ2n) is 6.54. The van der Waals surface area contributed by atoms with E-state index in [0.717, 1.165) is 43.4 Å². The molecule has 0 bridgehead atoms. The lowest BCUT2D eigenvalue weighted by Crippen LogP contribution is -2.33. The summed E-state index contributed by atoms with van der Waals surface area (Å²) in [6, 6.07) is 7.87. The molecule has 3 aromatic rings. The summed E-state index contributed by atoms with van der Waals surface area (Å²) in [6.07, 6.45) is 2.72. The van der Waals surface area contributed by atoms with Crippen molar-refractivity contribution in [1.82, 2.24) is 29.4 Å². The minimum atomic E-state index is -0.761. The molecule has 0 aromatic carbocycles. The van der Waals surface area contributed by atoms with Crippen LogP contribution in [0.5, 0.6) is 0 Å². The Morgan fingerprint density at radius 2 is 2.15 bits per heavy atom. The fraction of sp³-hybridized carbons (Fsp3) is 0.389. The zero-order valence-electron chi connectivity index (χ0n) is 15.0. The predicted molar refractivity (Wildman–Crippen MR) is 97.4 cm³/mol. The van der Waals surface area contributed by atoms with Crippen molar-refractivity contribution in [2.24, 2.45) is 7.05 Å². The van der Waals surface area contributed by atoms with E-state index in [1.807, 2.05) is 37.0 Å². The van der Waals surface area contributed by atoms with Gasteiger partial charge in [0, 0.05) is 51.7 Å². The van der Waals surface area contributed by atoms with Gasteiger partial charge >= 0.3 is 0 Å². The molecule has 1 aliphatic heterocycles. The Balaban J connectivity index is 1.51. The molecule has 0 spiro atoms. The normalized spacial score (nSPS) is 15.7. The molecule has 4 rings (SSSR count). The van der Waals surface area contributed by atoms with Gasteiger partial charge in [0.25, 0.3) is 0 Å². The SMILES string of the molecule is CNc1ncccc1CN1CCn2nc(C(O)c3ccnn3C)cc2C1. The summed E-state index contributed by atoms with van der Waals surface area (Å²) in [7, 11) is 3.72. The van der Waals surface area contributed by atoms with Crippen molar-refractivity contribution in [3.05, 3.63) is 59.3 Å². The van der Waals surface area contributed by atoms with Crippen molar-refractivity contribution in [2.75, 3.05) is 18.9 Å². The summed E-state index contributed by atoms with van der Waals surface area (Å²) in [4.78, 5) is 6.74. The number of nitrogens with zero attached hydrogens (tertiary/aromatic N) is 6. The van der Waals surface area contributed by atoms with E-state index in [0.29, 0.717) is 5.69 Å². The van der Waals surface area contributed by atoms with Crippen LogP contribution in [-0.2, 0) is 26.7 Å². The third-order valence-corrected chi connectivity index (χ3v) is 4.84. The number of rotatable bonds is 5.